The minimum absolute atomic E-state index is 0.889. The SMILES string of the molecule is COc1cc2c(cc1CCC1CCCCC1)oc1ccccc12. The standard InChI is InChI=1S/C21H24O2/c1-22-20-14-18-17-9-5-6-10-19(17)23-21(18)13-16(20)12-11-15-7-3-2-4-8-15/h5-6,9-10,13-15H,2-4,7-8,11-12H2,1H3. The number of benzene rings is 2. The lowest BCUT2D eigenvalue weighted by atomic mass is 9.85. The van der Waals surface area contributed by atoms with Gasteiger partial charge in [-0.2, -0.15) is 0 Å². The number of methoxy groups -OCH3 is 1. The summed E-state index contributed by atoms with van der Waals surface area (Å²) in [6.07, 6.45) is 9.38. The molecule has 2 aromatic carbocycles. The first-order valence-corrected chi connectivity index (χ1v) is 8.83. The van der Waals surface area contributed by atoms with Crippen LogP contribution in [-0.2, 0) is 6.42 Å². The molecule has 0 saturated heterocycles. The Hall–Kier alpha value is -1.96. The van der Waals surface area contributed by atoms with Gasteiger partial charge < -0.3 is 9.15 Å². The van der Waals surface area contributed by atoms with Crippen LogP contribution in [-0.4, -0.2) is 7.11 Å². The van der Waals surface area contributed by atoms with Crippen molar-refractivity contribution in [3.8, 4) is 5.75 Å². The minimum Gasteiger partial charge on any atom is -0.496 e. The molecule has 2 nitrogen and oxygen atoms in total. The van der Waals surface area contributed by atoms with Crippen LogP contribution in [0.2, 0.25) is 0 Å². The predicted molar refractivity (Wildman–Crippen MR) is 95.2 cm³/mol. The number of furan rings is 1. The average Bonchev–Trinajstić information content (AvgIpc) is 2.97. The Morgan fingerprint density at radius 1 is 1.00 bits per heavy atom. The molecular weight excluding hydrogens is 284 g/mol. The van der Waals surface area contributed by atoms with Crippen LogP contribution < -0.4 is 4.74 Å². The molecule has 0 N–H and O–H groups in total. The Labute approximate surface area is 137 Å². The molecule has 4 rings (SSSR count). The lowest BCUT2D eigenvalue weighted by molar-refractivity contribution is 0.336. The molecule has 1 aromatic heterocycles. The van der Waals surface area contributed by atoms with E-state index < -0.39 is 0 Å². The maximum absolute atomic E-state index is 6.03. The van der Waals surface area contributed by atoms with Crippen molar-refractivity contribution < 1.29 is 9.15 Å². The summed E-state index contributed by atoms with van der Waals surface area (Å²) >= 11 is 0. The highest BCUT2D eigenvalue weighted by molar-refractivity contribution is 6.05. The van der Waals surface area contributed by atoms with Gasteiger partial charge in [-0.3, -0.25) is 0 Å². The Morgan fingerprint density at radius 2 is 1.83 bits per heavy atom. The van der Waals surface area contributed by atoms with Gasteiger partial charge in [-0.25, -0.2) is 0 Å². The van der Waals surface area contributed by atoms with Gasteiger partial charge in [0.15, 0.2) is 0 Å². The third-order valence-corrected chi connectivity index (χ3v) is 5.33. The highest BCUT2D eigenvalue weighted by Crippen LogP contribution is 2.35. The Kier molecular flexibility index (Phi) is 3.99. The summed E-state index contributed by atoms with van der Waals surface area (Å²) in [4.78, 5) is 0. The van der Waals surface area contributed by atoms with Crippen molar-refractivity contribution in [3.63, 3.8) is 0 Å². The number of para-hydroxylation sites is 1. The predicted octanol–water partition coefficient (Wildman–Crippen LogP) is 6.11. The van der Waals surface area contributed by atoms with Gasteiger partial charge in [0.2, 0.25) is 0 Å². The maximum Gasteiger partial charge on any atom is 0.135 e. The van der Waals surface area contributed by atoms with E-state index in [0.29, 0.717) is 0 Å². The Bertz CT molecular complexity index is 809. The molecular formula is C21H24O2. The van der Waals surface area contributed by atoms with Crippen molar-refractivity contribution >= 4 is 21.9 Å². The van der Waals surface area contributed by atoms with Crippen LogP contribution in [0.4, 0.5) is 0 Å². The molecule has 0 unspecified atom stereocenters. The summed E-state index contributed by atoms with van der Waals surface area (Å²) in [6.45, 7) is 0. The van der Waals surface area contributed by atoms with Gasteiger partial charge in [0.25, 0.3) is 0 Å². The Morgan fingerprint density at radius 3 is 2.65 bits per heavy atom. The number of rotatable bonds is 4. The molecule has 23 heavy (non-hydrogen) atoms. The topological polar surface area (TPSA) is 22.4 Å². The molecule has 120 valence electrons. The number of aryl methyl sites for hydroxylation is 1. The van der Waals surface area contributed by atoms with Crippen LogP contribution in [0, 0.1) is 5.92 Å². The third-order valence-electron chi connectivity index (χ3n) is 5.33. The van der Waals surface area contributed by atoms with Gasteiger partial charge in [-0.1, -0.05) is 50.3 Å². The molecule has 0 aliphatic heterocycles. The smallest absolute Gasteiger partial charge is 0.135 e. The van der Waals surface area contributed by atoms with Crippen molar-refractivity contribution in [1.82, 2.24) is 0 Å². The van der Waals surface area contributed by atoms with Crippen molar-refractivity contribution in [1.29, 1.82) is 0 Å². The van der Waals surface area contributed by atoms with Gasteiger partial charge in [0.05, 0.1) is 7.11 Å². The zero-order chi connectivity index (χ0) is 15.6. The highest BCUT2D eigenvalue weighted by Gasteiger charge is 2.16. The molecule has 0 radical (unpaired) electrons. The zero-order valence-corrected chi connectivity index (χ0v) is 13.8. The quantitative estimate of drug-likeness (QED) is 0.580. The fourth-order valence-corrected chi connectivity index (χ4v) is 4.01. The van der Waals surface area contributed by atoms with E-state index >= 15 is 0 Å². The summed E-state index contributed by atoms with van der Waals surface area (Å²) in [6, 6.07) is 12.6. The molecule has 1 aliphatic carbocycles. The number of ether oxygens (including phenoxy) is 1. The van der Waals surface area contributed by atoms with E-state index in [1.165, 1.54) is 49.5 Å². The van der Waals surface area contributed by atoms with Gasteiger partial charge >= 0.3 is 0 Å². The molecule has 0 bridgehead atoms. The first-order valence-electron chi connectivity index (χ1n) is 8.83. The molecule has 1 fully saturated rings. The third kappa shape index (κ3) is 2.83. The lowest BCUT2D eigenvalue weighted by Crippen LogP contribution is -2.07. The van der Waals surface area contributed by atoms with Crippen LogP contribution in [0.5, 0.6) is 5.75 Å². The first kappa shape index (κ1) is 14.6. The second kappa shape index (κ2) is 6.27. The average molecular weight is 308 g/mol. The minimum atomic E-state index is 0.889. The van der Waals surface area contributed by atoms with E-state index in [4.69, 9.17) is 9.15 Å². The normalized spacial score (nSPS) is 16.2. The molecule has 1 saturated carbocycles. The molecule has 0 amide bonds. The van der Waals surface area contributed by atoms with E-state index in [-0.39, 0.29) is 0 Å². The molecule has 3 aromatic rings. The van der Waals surface area contributed by atoms with Crippen molar-refractivity contribution in [2.24, 2.45) is 5.92 Å². The van der Waals surface area contributed by atoms with Crippen LogP contribution in [0.25, 0.3) is 21.9 Å². The van der Waals surface area contributed by atoms with E-state index in [2.05, 4.69) is 24.3 Å². The monoisotopic (exact) mass is 308 g/mol. The molecule has 1 heterocycles. The van der Waals surface area contributed by atoms with Gasteiger partial charge in [0.1, 0.15) is 16.9 Å². The largest absolute Gasteiger partial charge is 0.496 e. The van der Waals surface area contributed by atoms with Gasteiger partial charge in [-0.15, -0.1) is 0 Å². The van der Waals surface area contributed by atoms with E-state index in [0.717, 1.165) is 34.6 Å². The highest BCUT2D eigenvalue weighted by atomic mass is 16.5. The summed E-state index contributed by atoms with van der Waals surface area (Å²) in [5.74, 6) is 1.89. The molecule has 0 atom stereocenters. The maximum atomic E-state index is 6.03. The van der Waals surface area contributed by atoms with Crippen LogP contribution in [0.15, 0.2) is 40.8 Å². The Balaban J connectivity index is 1.66. The van der Waals surface area contributed by atoms with E-state index in [1.807, 2.05) is 12.1 Å². The van der Waals surface area contributed by atoms with Gasteiger partial charge in [0, 0.05) is 10.8 Å². The fourth-order valence-electron chi connectivity index (χ4n) is 4.01. The van der Waals surface area contributed by atoms with Gasteiger partial charge in [-0.05, 0) is 42.5 Å². The lowest BCUT2D eigenvalue weighted by Gasteiger charge is -2.21. The van der Waals surface area contributed by atoms with E-state index in [1.54, 1.807) is 7.11 Å². The van der Waals surface area contributed by atoms with Crippen molar-refractivity contribution in [2.75, 3.05) is 7.11 Å². The number of hydrogen-bond donors (Lipinski definition) is 0. The molecule has 0 spiro atoms. The van der Waals surface area contributed by atoms with Crippen LogP contribution in [0.1, 0.15) is 44.1 Å². The first-order chi connectivity index (χ1) is 11.3. The van der Waals surface area contributed by atoms with Crippen LogP contribution in [0.3, 0.4) is 0 Å². The fraction of sp³-hybridized carbons (Fsp3) is 0.429. The van der Waals surface area contributed by atoms with E-state index in [9.17, 15) is 0 Å². The number of fused-ring (bicyclic) bond motifs is 3. The summed E-state index contributed by atoms with van der Waals surface area (Å²) < 4.78 is 11.7. The summed E-state index contributed by atoms with van der Waals surface area (Å²) in [5.41, 5.74) is 3.21. The van der Waals surface area contributed by atoms with Crippen molar-refractivity contribution in [2.45, 2.75) is 44.9 Å². The summed E-state index contributed by atoms with van der Waals surface area (Å²) in [7, 11) is 1.77. The van der Waals surface area contributed by atoms with Crippen LogP contribution >= 0.6 is 0 Å². The second-order valence-corrected chi connectivity index (χ2v) is 6.80. The zero-order valence-electron chi connectivity index (χ0n) is 13.8. The molecule has 2 heteroatoms. The second-order valence-electron chi connectivity index (χ2n) is 6.80. The molecule has 1 aliphatic rings. The van der Waals surface area contributed by atoms with Crippen molar-refractivity contribution in [3.05, 3.63) is 42.0 Å². The number of hydrogen-bond acceptors (Lipinski definition) is 2. The summed E-state index contributed by atoms with van der Waals surface area (Å²) in [5, 5.41) is 2.32.